The number of amides is 1. The maximum absolute atomic E-state index is 10.7. The van der Waals surface area contributed by atoms with E-state index in [0.717, 1.165) is 13.0 Å². The quantitative estimate of drug-likeness (QED) is 0.736. The van der Waals surface area contributed by atoms with E-state index in [1.54, 1.807) is 18.6 Å². The highest BCUT2D eigenvalue weighted by atomic mass is 16.5. The number of ether oxygens (including phenoxy) is 1. The average molecular weight is 222 g/mol. The van der Waals surface area contributed by atoms with Gasteiger partial charge in [0.15, 0.2) is 0 Å². The molecule has 0 spiro atoms. The number of carbonyl (C=O) groups excluding carboxylic acids is 1. The summed E-state index contributed by atoms with van der Waals surface area (Å²) in [7, 11) is 0. The minimum atomic E-state index is -0.305. The molecule has 86 valence electrons. The molecule has 1 amide bonds. The van der Waals surface area contributed by atoms with Crippen LogP contribution in [-0.2, 0) is 4.79 Å². The van der Waals surface area contributed by atoms with Gasteiger partial charge in [0.25, 0.3) is 0 Å². The van der Waals surface area contributed by atoms with Gasteiger partial charge in [-0.05, 0) is 6.42 Å². The first-order chi connectivity index (χ1) is 7.74. The first kappa shape index (κ1) is 10.8. The second kappa shape index (κ2) is 4.89. The van der Waals surface area contributed by atoms with Gasteiger partial charge >= 0.3 is 0 Å². The van der Waals surface area contributed by atoms with Crippen LogP contribution in [0.4, 0.5) is 0 Å². The fraction of sp³-hybridized carbons (Fsp3) is 0.500. The smallest absolute Gasteiger partial charge is 0.232 e. The summed E-state index contributed by atoms with van der Waals surface area (Å²) >= 11 is 0. The monoisotopic (exact) mass is 222 g/mol. The van der Waals surface area contributed by atoms with Crippen LogP contribution in [0.3, 0.4) is 0 Å². The van der Waals surface area contributed by atoms with Crippen molar-refractivity contribution in [3.05, 3.63) is 18.6 Å². The third kappa shape index (κ3) is 2.90. The number of nitrogens with two attached hydrogens (primary N) is 1. The summed E-state index contributed by atoms with van der Waals surface area (Å²) in [5.41, 5.74) is 5.13. The molecule has 0 bridgehead atoms. The minimum Gasteiger partial charge on any atom is -0.472 e. The van der Waals surface area contributed by atoms with Crippen LogP contribution in [-0.4, -0.2) is 46.5 Å². The Kier molecular flexibility index (Phi) is 3.31. The number of hydrogen-bond acceptors (Lipinski definition) is 5. The number of primary amides is 1. The number of hydrogen-bond donors (Lipinski definition) is 1. The van der Waals surface area contributed by atoms with Crippen LogP contribution in [0.2, 0.25) is 0 Å². The summed E-state index contributed by atoms with van der Waals surface area (Å²) in [4.78, 5) is 20.7. The maximum atomic E-state index is 10.7. The van der Waals surface area contributed by atoms with Crippen LogP contribution in [0.15, 0.2) is 18.6 Å². The predicted molar refractivity (Wildman–Crippen MR) is 56.7 cm³/mol. The molecular weight excluding hydrogens is 208 g/mol. The highest BCUT2D eigenvalue weighted by molar-refractivity contribution is 5.75. The summed E-state index contributed by atoms with van der Waals surface area (Å²) in [5.74, 6) is 0.216. The van der Waals surface area contributed by atoms with E-state index in [2.05, 4.69) is 9.97 Å². The second-order valence-electron chi connectivity index (χ2n) is 3.77. The molecule has 1 aliphatic rings. The van der Waals surface area contributed by atoms with Crippen LogP contribution >= 0.6 is 0 Å². The lowest BCUT2D eigenvalue weighted by molar-refractivity contribution is -0.118. The van der Waals surface area contributed by atoms with Gasteiger partial charge in [-0.25, -0.2) is 4.98 Å². The van der Waals surface area contributed by atoms with Gasteiger partial charge in [0.2, 0.25) is 11.8 Å². The van der Waals surface area contributed by atoms with E-state index in [1.165, 1.54) is 0 Å². The van der Waals surface area contributed by atoms with Crippen molar-refractivity contribution in [2.45, 2.75) is 12.5 Å². The lowest BCUT2D eigenvalue weighted by atomic mass is 10.3. The Balaban J connectivity index is 1.83. The highest BCUT2D eigenvalue weighted by Gasteiger charge is 2.25. The summed E-state index contributed by atoms with van der Waals surface area (Å²) in [6, 6.07) is 0. The first-order valence-corrected chi connectivity index (χ1v) is 5.17. The zero-order valence-corrected chi connectivity index (χ0v) is 8.87. The zero-order valence-electron chi connectivity index (χ0n) is 8.87. The standard InChI is InChI=1S/C10H14N4O2/c11-9(15)7-14-4-1-8(6-14)16-10-5-12-2-3-13-10/h2-3,5,8H,1,4,6-7H2,(H2,11,15). The van der Waals surface area contributed by atoms with E-state index < -0.39 is 0 Å². The normalized spacial score (nSPS) is 20.9. The molecule has 2 rings (SSSR count). The highest BCUT2D eigenvalue weighted by Crippen LogP contribution is 2.14. The molecule has 6 nitrogen and oxygen atoms in total. The number of likely N-dealkylation sites (tertiary alicyclic amines) is 1. The largest absolute Gasteiger partial charge is 0.472 e. The summed E-state index contributed by atoms with van der Waals surface area (Å²) in [6.07, 6.45) is 5.71. The van der Waals surface area contributed by atoms with Gasteiger partial charge in [0.05, 0.1) is 12.7 Å². The fourth-order valence-corrected chi connectivity index (χ4v) is 1.77. The third-order valence-electron chi connectivity index (χ3n) is 2.44. The van der Waals surface area contributed by atoms with Crippen LogP contribution in [0, 0.1) is 0 Å². The SMILES string of the molecule is NC(=O)CN1CCC(Oc2cnccn2)C1. The molecule has 2 heterocycles. The maximum Gasteiger partial charge on any atom is 0.232 e. The third-order valence-corrected chi connectivity index (χ3v) is 2.44. The Morgan fingerprint density at radius 3 is 3.19 bits per heavy atom. The lowest BCUT2D eigenvalue weighted by Gasteiger charge is -2.14. The van der Waals surface area contributed by atoms with Gasteiger partial charge in [0.1, 0.15) is 6.10 Å². The molecule has 16 heavy (non-hydrogen) atoms. The molecule has 6 heteroatoms. The van der Waals surface area contributed by atoms with E-state index in [9.17, 15) is 4.79 Å². The molecule has 0 aromatic carbocycles. The van der Waals surface area contributed by atoms with Gasteiger partial charge < -0.3 is 10.5 Å². The van der Waals surface area contributed by atoms with Gasteiger partial charge in [-0.15, -0.1) is 0 Å². The molecule has 1 unspecified atom stereocenters. The Morgan fingerprint density at radius 2 is 2.50 bits per heavy atom. The van der Waals surface area contributed by atoms with Gasteiger partial charge in [-0.1, -0.05) is 0 Å². The Morgan fingerprint density at radius 1 is 1.62 bits per heavy atom. The molecule has 2 N–H and O–H groups in total. The van der Waals surface area contributed by atoms with E-state index in [4.69, 9.17) is 10.5 Å². The van der Waals surface area contributed by atoms with E-state index in [0.29, 0.717) is 19.0 Å². The molecule has 1 aliphatic heterocycles. The van der Waals surface area contributed by atoms with E-state index in [-0.39, 0.29) is 12.0 Å². The van der Waals surface area contributed by atoms with Crippen molar-refractivity contribution in [3.63, 3.8) is 0 Å². The minimum absolute atomic E-state index is 0.0658. The zero-order chi connectivity index (χ0) is 11.4. The lowest BCUT2D eigenvalue weighted by Crippen LogP contribution is -2.33. The fourth-order valence-electron chi connectivity index (χ4n) is 1.77. The van der Waals surface area contributed by atoms with E-state index in [1.807, 2.05) is 4.90 Å². The number of nitrogens with zero attached hydrogens (tertiary/aromatic N) is 3. The first-order valence-electron chi connectivity index (χ1n) is 5.17. The van der Waals surface area contributed by atoms with Crippen molar-refractivity contribution in [1.29, 1.82) is 0 Å². The summed E-state index contributed by atoms with van der Waals surface area (Å²) in [6.45, 7) is 1.83. The van der Waals surface area contributed by atoms with Gasteiger partial charge in [0, 0.05) is 25.5 Å². The van der Waals surface area contributed by atoms with Crippen LogP contribution in [0.1, 0.15) is 6.42 Å². The molecule has 1 aromatic rings. The molecule has 0 aliphatic carbocycles. The van der Waals surface area contributed by atoms with Crippen molar-refractivity contribution in [2.75, 3.05) is 19.6 Å². The van der Waals surface area contributed by atoms with Crippen LogP contribution in [0.25, 0.3) is 0 Å². The molecule has 1 saturated heterocycles. The number of rotatable bonds is 4. The molecule has 1 aromatic heterocycles. The van der Waals surface area contributed by atoms with Crippen molar-refractivity contribution >= 4 is 5.91 Å². The Labute approximate surface area is 93.4 Å². The number of carbonyl (C=O) groups is 1. The molecule has 0 saturated carbocycles. The predicted octanol–water partition coefficient (Wildman–Crippen LogP) is -0.585. The van der Waals surface area contributed by atoms with Crippen LogP contribution in [0.5, 0.6) is 5.88 Å². The van der Waals surface area contributed by atoms with Crippen molar-refractivity contribution in [3.8, 4) is 5.88 Å². The summed E-state index contributed by atoms with van der Waals surface area (Å²) < 4.78 is 5.62. The second-order valence-corrected chi connectivity index (χ2v) is 3.77. The Hall–Kier alpha value is -1.69. The molecule has 1 fully saturated rings. The average Bonchev–Trinajstić information content (AvgIpc) is 2.66. The van der Waals surface area contributed by atoms with Crippen molar-refractivity contribution < 1.29 is 9.53 Å². The van der Waals surface area contributed by atoms with E-state index >= 15 is 0 Å². The van der Waals surface area contributed by atoms with Gasteiger partial charge in [-0.3, -0.25) is 14.7 Å². The number of aromatic nitrogens is 2. The Bertz CT molecular complexity index is 357. The van der Waals surface area contributed by atoms with Crippen molar-refractivity contribution in [2.24, 2.45) is 5.73 Å². The van der Waals surface area contributed by atoms with Crippen LogP contribution < -0.4 is 10.5 Å². The van der Waals surface area contributed by atoms with Crippen molar-refractivity contribution in [1.82, 2.24) is 14.9 Å². The van der Waals surface area contributed by atoms with Gasteiger partial charge in [-0.2, -0.15) is 0 Å². The molecule has 1 atom stereocenters. The topological polar surface area (TPSA) is 81.3 Å². The summed E-state index contributed by atoms with van der Waals surface area (Å²) in [5, 5.41) is 0. The molecular formula is C10H14N4O2. The molecule has 0 radical (unpaired) electrons.